The Morgan fingerprint density at radius 2 is 2.29 bits per heavy atom. The topological polar surface area (TPSA) is 65.2 Å². The lowest BCUT2D eigenvalue weighted by Gasteiger charge is -2.29. The summed E-state index contributed by atoms with van der Waals surface area (Å²) in [4.78, 5) is 29.5. The number of carbonyl (C=O) groups excluding carboxylic acids is 2. The van der Waals surface area contributed by atoms with Crippen LogP contribution < -0.4 is 5.32 Å². The van der Waals surface area contributed by atoms with Gasteiger partial charge in [-0.1, -0.05) is 18.2 Å². The Morgan fingerprint density at radius 1 is 1.46 bits per heavy atom. The summed E-state index contributed by atoms with van der Waals surface area (Å²) in [6.45, 7) is 2.66. The van der Waals surface area contributed by atoms with Gasteiger partial charge in [0.2, 0.25) is 11.8 Å². The lowest BCUT2D eigenvalue weighted by atomic mass is 10.1. The molecule has 2 aromatic rings. The van der Waals surface area contributed by atoms with Crippen LogP contribution in [0.2, 0.25) is 0 Å². The van der Waals surface area contributed by atoms with Gasteiger partial charge in [0, 0.05) is 35.8 Å². The molecule has 2 atom stereocenters. The Bertz CT molecular complexity index is 802. The van der Waals surface area contributed by atoms with Gasteiger partial charge in [-0.3, -0.25) is 9.59 Å². The van der Waals surface area contributed by atoms with Crippen LogP contribution in [0.25, 0.3) is 10.9 Å². The van der Waals surface area contributed by atoms with Crippen LogP contribution in [0.5, 0.6) is 0 Å². The molecule has 126 valence electrons. The largest absolute Gasteiger partial charge is 0.361 e. The van der Waals surface area contributed by atoms with Crippen LogP contribution in [0.15, 0.2) is 30.5 Å². The van der Waals surface area contributed by atoms with Crippen molar-refractivity contribution in [2.24, 2.45) is 0 Å². The fourth-order valence-electron chi connectivity index (χ4n) is 3.79. The maximum atomic E-state index is 12.5. The van der Waals surface area contributed by atoms with Crippen LogP contribution in [0.1, 0.15) is 25.3 Å². The molecule has 2 saturated heterocycles. The smallest absolute Gasteiger partial charge is 0.243 e. The highest BCUT2D eigenvalue weighted by molar-refractivity contribution is 8.01. The van der Waals surface area contributed by atoms with Gasteiger partial charge in [0.15, 0.2) is 0 Å². The molecular weight excluding hydrogens is 322 g/mol. The van der Waals surface area contributed by atoms with E-state index in [1.165, 1.54) is 10.9 Å². The maximum absolute atomic E-state index is 12.5. The van der Waals surface area contributed by atoms with Crippen molar-refractivity contribution >= 4 is 34.5 Å². The average Bonchev–Trinajstić information content (AvgIpc) is 3.22. The first kappa shape index (κ1) is 15.6. The molecule has 1 aromatic heterocycles. The first-order valence-corrected chi connectivity index (χ1v) is 9.36. The number of fused-ring (bicyclic) bond motifs is 2. The van der Waals surface area contributed by atoms with E-state index in [1.54, 1.807) is 16.7 Å². The SMILES string of the molecule is C[C@@]12CCC(=O)N1[C@@H](C(=O)NCCc1c[nH]c3ccccc13)CS2. The number of nitrogens with zero attached hydrogens (tertiary/aromatic N) is 1. The molecule has 4 rings (SSSR count). The molecule has 5 nitrogen and oxygen atoms in total. The van der Waals surface area contributed by atoms with Gasteiger partial charge in [0.05, 0.1) is 4.87 Å². The fraction of sp³-hybridized carbons (Fsp3) is 0.444. The highest BCUT2D eigenvalue weighted by atomic mass is 32.2. The molecule has 2 amide bonds. The van der Waals surface area contributed by atoms with E-state index in [9.17, 15) is 9.59 Å². The fourth-order valence-corrected chi connectivity index (χ4v) is 5.22. The minimum absolute atomic E-state index is 0.0266. The van der Waals surface area contributed by atoms with Gasteiger partial charge in [-0.25, -0.2) is 0 Å². The van der Waals surface area contributed by atoms with Crippen LogP contribution in [-0.4, -0.2) is 44.9 Å². The summed E-state index contributed by atoms with van der Waals surface area (Å²) in [6.07, 6.45) is 4.18. The normalized spacial score (nSPS) is 26.1. The molecule has 0 radical (unpaired) electrons. The van der Waals surface area contributed by atoms with Gasteiger partial charge >= 0.3 is 0 Å². The Morgan fingerprint density at radius 3 is 3.17 bits per heavy atom. The molecule has 0 bridgehead atoms. The molecule has 6 heteroatoms. The summed E-state index contributed by atoms with van der Waals surface area (Å²) < 4.78 is 0. The standard InChI is InChI=1S/C18H21N3O2S/c1-18-8-6-16(22)21(18)15(11-24-18)17(23)19-9-7-12-10-20-14-5-3-2-4-13(12)14/h2-5,10,15,20H,6-9,11H2,1H3,(H,19,23)/t15-,18-/m1/s1. The van der Waals surface area contributed by atoms with Gasteiger partial charge in [-0.15, -0.1) is 11.8 Å². The number of H-pyrrole nitrogens is 1. The van der Waals surface area contributed by atoms with E-state index in [4.69, 9.17) is 0 Å². The molecular formula is C18H21N3O2S. The Hall–Kier alpha value is -1.95. The van der Waals surface area contributed by atoms with E-state index >= 15 is 0 Å². The van der Waals surface area contributed by atoms with Gasteiger partial charge in [-0.05, 0) is 31.4 Å². The number of hydrogen-bond acceptors (Lipinski definition) is 3. The molecule has 0 unspecified atom stereocenters. The van der Waals surface area contributed by atoms with Gasteiger partial charge < -0.3 is 15.2 Å². The first-order valence-electron chi connectivity index (χ1n) is 8.37. The number of thioether (sulfide) groups is 1. The average molecular weight is 343 g/mol. The molecule has 0 saturated carbocycles. The number of benzene rings is 1. The highest BCUT2D eigenvalue weighted by Crippen LogP contribution is 2.47. The summed E-state index contributed by atoms with van der Waals surface area (Å²) in [5, 5.41) is 4.22. The van der Waals surface area contributed by atoms with Crippen LogP contribution in [0.4, 0.5) is 0 Å². The summed E-state index contributed by atoms with van der Waals surface area (Å²) >= 11 is 1.73. The van der Waals surface area contributed by atoms with Gasteiger partial charge in [0.25, 0.3) is 0 Å². The predicted octanol–water partition coefficient (Wildman–Crippen LogP) is 2.28. The minimum Gasteiger partial charge on any atom is -0.361 e. The third-order valence-electron chi connectivity index (χ3n) is 5.12. The molecule has 0 aliphatic carbocycles. The zero-order chi connectivity index (χ0) is 16.7. The lowest BCUT2D eigenvalue weighted by Crippen LogP contribution is -2.50. The van der Waals surface area contributed by atoms with Crippen molar-refractivity contribution in [3.63, 3.8) is 0 Å². The number of hydrogen-bond donors (Lipinski definition) is 2. The van der Waals surface area contributed by atoms with Crippen molar-refractivity contribution in [2.75, 3.05) is 12.3 Å². The molecule has 1 aromatic carbocycles. The molecule has 3 heterocycles. The van der Waals surface area contributed by atoms with Gasteiger partial charge in [-0.2, -0.15) is 0 Å². The van der Waals surface area contributed by atoms with Crippen molar-refractivity contribution in [2.45, 2.75) is 37.1 Å². The van der Waals surface area contributed by atoms with Crippen LogP contribution in [-0.2, 0) is 16.0 Å². The summed E-state index contributed by atoms with van der Waals surface area (Å²) in [5.74, 6) is 0.779. The predicted molar refractivity (Wildman–Crippen MR) is 95.7 cm³/mol. The van der Waals surface area contributed by atoms with Crippen LogP contribution in [0.3, 0.4) is 0 Å². The Labute approximate surface area is 145 Å². The van der Waals surface area contributed by atoms with E-state index in [0.29, 0.717) is 18.7 Å². The molecule has 2 aliphatic rings. The number of rotatable bonds is 4. The minimum atomic E-state index is -0.321. The Balaban J connectivity index is 1.38. The summed E-state index contributed by atoms with van der Waals surface area (Å²) in [6, 6.07) is 7.84. The van der Waals surface area contributed by atoms with E-state index in [0.717, 1.165) is 18.4 Å². The number of para-hydroxylation sites is 1. The number of carbonyl (C=O) groups is 2. The van der Waals surface area contributed by atoms with Crippen molar-refractivity contribution in [1.82, 2.24) is 15.2 Å². The summed E-state index contributed by atoms with van der Waals surface area (Å²) in [7, 11) is 0. The van der Waals surface area contributed by atoms with Crippen LogP contribution in [0, 0.1) is 0 Å². The molecule has 2 fully saturated rings. The highest BCUT2D eigenvalue weighted by Gasteiger charge is 2.52. The zero-order valence-corrected chi connectivity index (χ0v) is 14.5. The second-order valence-electron chi connectivity index (χ2n) is 6.67. The molecule has 2 N–H and O–H groups in total. The molecule has 24 heavy (non-hydrogen) atoms. The third-order valence-corrected chi connectivity index (χ3v) is 6.62. The van der Waals surface area contributed by atoms with Crippen molar-refractivity contribution in [3.05, 3.63) is 36.0 Å². The number of amides is 2. The second kappa shape index (κ2) is 5.84. The number of aromatic nitrogens is 1. The maximum Gasteiger partial charge on any atom is 0.243 e. The van der Waals surface area contributed by atoms with E-state index in [2.05, 4.69) is 23.3 Å². The van der Waals surface area contributed by atoms with E-state index in [-0.39, 0.29) is 22.7 Å². The summed E-state index contributed by atoms with van der Waals surface area (Å²) in [5.41, 5.74) is 2.32. The van der Waals surface area contributed by atoms with Crippen molar-refractivity contribution in [3.8, 4) is 0 Å². The second-order valence-corrected chi connectivity index (χ2v) is 8.17. The van der Waals surface area contributed by atoms with Crippen molar-refractivity contribution < 1.29 is 9.59 Å². The van der Waals surface area contributed by atoms with E-state index < -0.39 is 0 Å². The van der Waals surface area contributed by atoms with Crippen molar-refractivity contribution in [1.29, 1.82) is 0 Å². The third kappa shape index (κ3) is 2.49. The number of aromatic amines is 1. The zero-order valence-electron chi connectivity index (χ0n) is 13.7. The monoisotopic (exact) mass is 343 g/mol. The van der Waals surface area contributed by atoms with Crippen LogP contribution >= 0.6 is 11.8 Å². The quantitative estimate of drug-likeness (QED) is 0.895. The van der Waals surface area contributed by atoms with E-state index in [1.807, 2.05) is 24.4 Å². The molecule has 2 aliphatic heterocycles. The molecule has 0 spiro atoms. The van der Waals surface area contributed by atoms with Gasteiger partial charge in [0.1, 0.15) is 6.04 Å². The lowest BCUT2D eigenvalue weighted by molar-refractivity contribution is -0.137. The first-order chi connectivity index (χ1) is 11.6. The number of nitrogens with one attached hydrogen (secondary N) is 2. The Kier molecular flexibility index (Phi) is 3.79.